The number of carbonyl (C=O) groups excluding carboxylic acids is 1. The quantitative estimate of drug-likeness (QED) is 0.504. The fourth-order valence-electron chi connectivity index (χ4n) is 1.43. The molecule has 5 nitrogen and oxygen atoms in total. The van der Waals surface area contributed by atoms with Crippen LogP contribution in [0.3, 0.4) is 0 Å². The molecule has 0 saturated carbocycles. The van der Waals surface area contributed by atoms with E-state index in [1.807, 2.05) is 12.1 Å². The normalized spacial score (nSPS) is 12.6. The number of ether oxygens (including phenoxy) is 1. The van der Waals surface area contributed by atoms with E-state index in [0.717, 1.165) is 5.56 Å². The molecule has 18 heavy (non-hydrogen) atoms. The van der Waals surface area contributed by atoms with Crippen LogP contribution >= 0.6 is 0 Å². The topological polar surface area (TPSA) is 84.6 Å². The zero-order chi connectivity index (χ0) is 13.4. The molecule has 1 aromatic rings. The largest absolute Gasteiger partial charge is 0.399 e. The van der Waals surface area contributed by atoms with Crippen LogP contribution in [0, 0.1) is 0 Å². The number of nitrogens with one attached hydrogen (secondary N) is 1. The van der Waals surface area contributed by atoms with Crippen molar-refractivity contribution in [3.8, 4) is 0 Å². The van der Waals surface area contributed by atoms with Gasteiger partial charge in [0.2, 0.25) is 5.91 Å². The van der Waals surface area contributed by atoms with Gasteiger partial charge in [-0.05, 0) is 23.8 Å². The van der Waals surface area contributed by atoms with E-state index in [0.29, 0.717) is 5.69 Å². The summed E-state index contributed by atoms with van der Waals surface area (Å²) in [7, 11) is 1.51. The number of carbonyl (C=O) groups is 1. The number of benzene rings is 1. The Kier molecular flexibility index (Phi) is 5.90. The van der Waals surface area contributed by atoms with Gasteiger partial charge in [-0.3, -0.25) is 4.79 Å². The predicted molar refractivity (Wildman–Crippen MR) is 70.8 cm³/mol. The summed E-state index contributed by atoms with van der Waals surface area (Å²) in [6, 6.07) is 6.81. The maximum atomic E-state index is 11.5. The van der Waals surface area contributed by atoms with Crippen LogP contribution in [-0.4, -0.2) is 37.4 Å². The molecule has 0 saturated heterocycles. The minimum absolute atomic E-state index is 0.161. The van der Waals surface area contributed by atoms with E-state index in [1.54, 1.807) is 18.2 Å². The summed E-state index contributed by atoms with van der Waals surface area (Å²) < 4.78 is 4.86. The second-order valence-electron chi connectivity index (χ2n) is 3.85. The van der Waals surface area contributed by atoms with Crippen molar-refractivity contribution in [3.05, 3.63) is 35.9 Å². The molecule has 0 aromatic heterocycles. The van der Waals surface area contributed by atoms with Gasteiger partial charge in [-0.1, -0.05) is 12.1 Å². The molecular formula is C13H18N2O3. The molecule has 0 aliphatic rings. The third kappa shape index (κ3) is 4.99. The van der Waals surface area contributed by atoms with Crippen molar-refractivity contribution < 1.29 is 14.6 Å². The molecule has 0 radical (unpaired) electrons. The van der Waals surface area contributed by atoms with Gasteiger partial charge in [0.05, 0.1) is 19.3 Å². The minimum Gasteiger partial charge on any atom is -0.399 e. The zero-order valence-corrected chi connectivity index (χ0v) is 10.3. The lowest BCUT2D eigenvalue weighted by atomic mass is 10.2. The van der Waals surface area contributed by atoms with E-state index in [-0.39, 0.29) is 19.1 Å². The van der Waals surface area contributed by atoms with Gasteiger partial charge in [-0.25, -0.2) is 0 Å². The molecule has 1 amide bonds. The monoisotopic (exact) mass is 250 g/mol. The fraction of sp³-hybridized carbons (Fsp3) is 0.308. The van der Waals surface area contributed by atoms with Crippen molar-refractivity contribution in [3.63, 3.8) is 0 Å². The fourth-order valence-corrected chi connectivity index (χ4v) is 1.43. The second-order valence-corrected chi connectivity index (χ2v) is 3.85. The number of rotatable bonds is 6. The SMILES string of the molecule is COCC(CO)NC(=O)/C=C/c1cccc(N)c1. The molecule has 0 aliphatic heterocycles. The minimum atomic E-state index is -0.395. The number of anilines is 1. The molecule has 1 aromatic carbocycles. The Morgan fingerprint density at radius 3 is 3.00 bits per heavy atom. The highest BCUT2D eigenvalue weighted by Gasteiger charge is 2.08. The first-order chi connectivity index (χ1) is 8.65. The number of hydrogen-bond donors (Lipinski definition) is 3. The first-order valence-corrected chi connectivity index (χ1v) is 5.59. The summed E-state index contributed by atoms with van der Waals surface area (Å²) >= 11 is 0. The maximum Gasteiger partial charge on any atom is 0.244 e. The van der Waals surface area contributed by atoms with Crippen LogP contribution in [0.1, 0.15) is 5.56 Å². The summed E-state index contributed by atoms with van der Waals surface area (Å²) in [5.41, 5.74) is 7.11. The number of aliphatic hydroxyl groups excluding tert-OH is 1. The molecule has 1 atom stereocenters. The Labute approximate surface area is 106 Å². The van der Waals surface area contributed by atoms with Crippen molar-refractivity contribution in [2.45, 2.75) is 6.04 Å². The number of nitrogen functional groups attached to an aromatic ring is 1. The summed E-state index contributed by atoms with van der Waals surface area (Å²) in [4.78, 5) is 11.5. The van der Waals surface area contributed by atoms with Crippen LogP contribution in [0.5, 0.6) is 0 Å². The zero-order valence-electron chi connectivity index (χ0n) is 10.3. The number of hydrogen-bond acceptors (Lipinski definition) is 4. The van der Waals surface area contributed by atoms with Crippen molar-refractivity contribution >= 4 is 17.7 Å². The number of methoxy groups -OCH3 is 1. The second kappa shape index (κ2) is 7.47. The molecule has 98 valence electrons. The van der Waals surface area contributed by atoms with E-state index in [1.165, 1.54) is 13.2 Å². The van der Waals surface area contributed by atoms with Gasteiger partial charge in [-0.2, -0.15) is 0 Å². The highest BCUT2D eigenvalue weighted by molar-refractivity contribution is 5.92. The van der Waals surface area contributed by atoms with E-state index in [9.17, 15) is 4.79 Å². The Morgan fingerprint density at radius 2 is 2.39 bits per heavy atom. The molecule has 0 aliphatic carbocycles. The van der Waals surface area contributed by atoms with Gasteiger partial charge in [0, 0.05) is 18.9 Å². The Bertz CT molecular complexity index is 418. The number of nitrogens with two attached hydrogens (primary N) is 1. The Morgan fingerprint density at radius 1 is 1.61 bits per heavy atom. The van der Waals surface area contributed by atoms with Crippen molar-refractivity contribution in [2.24, 2.45) is 0 Å². The van der Waals surface area contributed by atoms with Gasteiger partial charge >= 0.3 is 0 Å². The third-order valence-corrected chi connectivity index (χ3v) is 2.27. The molecule has 0 fully saturated rings. The molecule has 1 rings (SSSR count). The van der Waals surface area contributed by atoms with Crippen LogP contribution in [0.2, 0.25) is 0 Å². The molecule has 0 spiro atoms. The Hall–Kier alpha value is -1.85. The van der Waals surface area contributed by atoms with E-state index in [2.05, 4.69) is 5.32 Å². The van der Waals surface area contributed by atoms with Crippen LogP contribution < -0.4 is 11.1 Å². The van der Waals surface area contributed by atoms with Gasteiger partial charge < -0.3 is 20.9 Å². The van der Waals surface area contributed by atoms with Gasteiger partial charge in [0.1, 0.15) is 0 Å². The van der Waals surface area contributed by atoms with Gasteiger partial charge in [0.15, 0.2) is 0 Å². The lowest BCUT2D eigenvalue weighted by Gasteiger charge is -2.13. The molecule has 1 unspecified atom stereocenters. The van der Waals surface area contributed by atoms with Crippen LogP contribution in [0.15, 0.2) is 30.3 Å². The van der Waals surface area contributed by atoms with Gasteiger partial charge in [-0.15, -0.1) is 0 Å². The summed E-state index contributed by atoms with van der Waals surface area (Å²) in [5.74, 6) is -0.284. The number of aliphatic hydroxyl groups is 1. The van der Waals surface area contributed by atoms with Crippen molar-refractivity contribution in [1.82, 2.24) is 5.32 Å². The lowest BCUT2D eigenvalue weighted by molar-refractivity contribution is -0.117. The average Bonchev–Trinajstić information content (AvgIpc) is 2.36. The van der Waals surface area contributed by atoms with E-state index in [4.69, 9.17) is 15.6 Å². The predicted octanol–water partition coefficient (Wildman–Crippen LogP) is 0.405. The standard InChI is InChI=1S/C13H18N2O3/c1-18-9-12(8-16)15-13(17)6-5-10-3-2-4-11(14)7-10/h2-7,12,16H,8-9,14H2,1H3,(H,15,17)/b6-5+. The highest BCUT2D eigenvalue weighted by atomic mass is 16.5. The van der Waals surface area contributed by atoms with E-state index >= 15 is 0 Å². The molecule has 4 N–H and O–H groups in total. The van der Waals surface area contributed by atoms with Crippen molar-refractivity contribution in [2.75, 3.05) is 26.1 Å². The summed E-state index contributed by atoms with van der Waals surface area (Å²) in [6.07, 6.45) is 3.06. The Balaban J connectivity index is 2.53. The maximum absolute atomic E-state index is 11.5. The third-order valence-electron chi connectivity index (χ3n) is 2.27. The first-order valence-electron chi connectivity index (χ1n) is 5.59. The first kappa shape index (κ1) is 14.2. The van der Waals surface area contributed by atoms with Gasteiger partial charge in [0.25, 0.3) is 0 Å². The lowest BCUT2D eigenvalue weighted by Crippen LogP contribution is -2.39. The van der Waals surface area contributed by atoms with Crippen LogP contribution in [-0.2, 0) is 9.53 Å². The summed E-state index contributed by atoms with van der Waals surface area (Å²) in [6.45, 7) is 0.111. The van der Waals surface area contributed by atoms with Crippen molar-refractivity contribution in [1.29, 1.82) is 0 Å². The molecular weight excluding hydrogens is 232 g/mol. The smallest absolute Gasteiger partial charge is 0.244 e. The van der Waals surface area contributed by atoms with Crippen LogP contribution in [0.4, 0.5) is 5.69 Å². The van der Waals surface area contributed by atoms with Crippen LogP contribution in [0.25, 0.3) is 6.08 Å². The highest BCUT2D eigenvalue weighted by Crippen LogP contribution is 2.07. The van der Waals surface area contributed by atoms with E-state index < -0.39 is 6.04 Å². The molecule has 0 heterocycles. The molecule has 5 heteroatoms. The summed E-state index contributed by atoms with van der Waals surface area (Å²) in [5, 5.41) is 11.6. The average molecular weight is 250 g/mol. The number of amides is 1. The molecule has 0 bridgehead atoms.